The minimum Gasteiger partial charge on any atom is -0.481 e. The van der Waals surface area contributed by atoms with Gasteiger partial charge in [0.15, 0.2) is 0 Å². The van der Waals surface area contributed by atoms with E-state index >= 15 is 0 Å². The second kappa shape index (κ2) is 19.5. The quantitative estimate of drug-likeness (QED) is 0.530. The molecule has 0 rings (SSSR count). The van der Waals surface area contributed by atoms with E-state index in [0.29, 0.717) is 24.9 Å². The molecular weight excluding hydrogens is 240 g/mol. The smallest absolute Gasteiger partial charge is 0.303 e. The Hall–Kier alpha value is -0.830. The molecule has 0 aliphatic carbocycles. The maximum absolute atomic E-state index is 9.87. The van der Waals surface area contributed by atoms with Crippen molar-refractivity contribution in [1.82, 2.24) is 0 Å². The third-order valence-corrected chi connectivity index (χ3v) is 2.17. The van der Waals surface area contributed by atoms with Gasteiger partial charge in [-0.1, -0.05) is 53.5 Å². The van der Waals surface area contributed by atoms with Gasteiger partial charge in [0.2, 0.25) is 0 Å². The minimum atomic E-state index is -0.682. The molecule has 0 aliphatic heterocycles. The molecule has 0 atom stereocenters. The fourth-order valence-electron chi connectivity index (χ4n) is 0.784. The molecule has 0 aromatic rings. The first-order valence-electron chi connectivity index (χ1n) is 7.26. The molecule has 0 unspecified atom stereocenters. The van der Waals surface area contributed by atoms with Crippen molar-refractivity contribution in [3.05, 3.63) is 12.7 Å². The fourth-order valence-corrected chi connectivity index (χ4v) is 0.784. The van der Waals surface area contributed by atoms with Crippen LogP contribution < -0.4 is 0 Å². The van der Waals surface area contributed by atoms with E-state index in [2.05, 4.69) is 41.2 Å². The molecule has 0 heterocycles. The Balaban J connectivity index is -0.000000209. The van der Waals surface area contributed by atoms with Gasteiger partial charge in [0, 0.05) is 13.0 Å². The van der Waals surface area contributed by atoms with Crippen molar-refractivity contribution < 1.29 is 15.0 Å². The van der Waals surface area contributed by atoms with E-state index in [4.69, 9.17) is 10.2 Å². The van der Waals surface area contributed by atoms with Crippen molar-refractivity contribution in [2.24, 2.45) is 11.8 Å². The molecule has 0 amide bonds. The number of allylic oxidation sites excluding steroid dienone is 1. The Morgan fingerprint density at radius 1 is 1.21 bits per heavy atom. The third-order valence-electron chi connectivity index (χ3n) is 2.17. The molecule has 0 saturated carbocycles. The van der Waals surface area contributed by atoms with E-state index in [1.54, 1.807) is 0 Å². The topological polar surface area (TPSA) is 57.5 Å². The van der Waals surface area contributed by atoms with Crippen molar-refractivity contribution in [1.29, 1.82) is 0 Å². The van der Waals surface area contributed by atoms with Crippen LogP contribution in [0, 0.1) is 11.8 Å². The van der Waals surface area contributed by atoms with E-state index in [1.165, 1.54) is 0 Å². The summed E-state index contributed by atoms with van der Waals surface area (Å²) in [7, 11) is 0. The van der Waals surface area contributed by atoms with Crippen LogP contribution in [0.4, 0.5) is 0 Å². The van der Waals surface area contributed by atoms with Crippen molar-refractivity contribution >= 4 is 5.97 Å². The van der Waals surface area contributed by atoms with Crippen LogP contribution in [0.15, 0.2) is 12.7 Å². The maximum Gasteiger partial charge on any atom is 0.303 e. The number of aliphatic carboxylic acids is 1. The third kappa shape index (κ3) is 47.0. The highest BCUT2D eigenvalue weighted by atomic mass is 16.4. The molecule has 3 nitrogen and oxygen atoms in total. The number of aliphatic hydroxyl groups is 1. The normalized spacial score (nSPS) is 9.26. The monoisotopic (exact) mass is 274 g/mol. The van der Waals surface area contributed by atoms with Gasteiger partial charge >= 0.3 is 5.97 Å². The summed E-state index contributed by atoms with van der Waals surface area (Å²) < 4.78 is 0. The van der Waals surface area contributed by atoms with Gasteiger partial charge in [-0.2, -0.15) is 0 Å². The summed E-state index contributed by atoms with van der Waals surface area (Å²) in [4.78, 5) is 9.87. The van der Waals surface area contributed by atoms with Crippen LogP contribution in [0.1, 0.15) is 66.7 Å². The van der Waals surface area contributed by atoms with Gasteiger partial charge in [-0.05, 0) is 24.7 Å². The van der Waals surface area contributed by atoms with Crippen LogP contribution in [0.3, 0.4) is 0 Å². The number of carbonyl (C=O) groups is 1. The predicted octanol–water partition coefficient (Wildman–Crippen LogP) is 4.50. The Bertz CT molecular complexity index is 186. The lowest BCUT2D eigenvalue weighted by Gasteiger charge is -1.95. The summed E-state index contributed by atoms with van der Waals surface area (Å²) in [6.45, 7) is 14.3. The van der Waals surface area contributed by atoms with Crippen LogP contribution in [0.2, 0.25) is 0 Å². The summed E-state index contributed by atoms with van der Waals surface area (Å²) in [6.07, 6.45) is 6.12. The number of hydrogen-bond donors (Lipinski definition) is 2. The SMILES string of the molecule is C=CC(C)C.CC(C)CCO.CCCCCC(=O)O. The van der Waals surface area contributed by atoms with Gasteiger partial charge < -0.3 is 10.2 Å². The fraction of sp³-hybridized carbons (Fsp3) is 0.812. The predicted molar refractivity (Wildman–Crippen MR) is 83.4 cm³/mol. The van der Waals surface area contributed by atoms with E-state index in [1.807, 2.05) is 6.08 Å². The number of carboxylic acids is 1. The lowest BCUT2D eigenvalue weighted by atomic mass is 10.2. The van der Waals surface area contributed by atoms with E-state index in [9.17, 15) is 4.79 Å². The van der Waals surface area contributed by atoms with Crippen molar-refractivity contribution in [2.45, 2.75) is 66.7 Å². The lowest BCUT2D eigenvalue weighted by molar-refractivity contribution is -0.137. The Morgan fingerprint density at radius 2 is 1.68 bits per heavy atom. The Labute approximate surface area is 119 Å². The second-order valence-corrected chi connectivity index (χ2v) is 5.24. The molecule has 0 radical (unpaired) electrons. The average molecular weight is 274 g/mol. The van der Waals surface area contributed by atoms with E-state index in [0.717, 1.165) is 25.7 Å². The van der Waals surface area contributed by atoms with Gasteiger partial charge in [0.25, 0.3) is 0 Å². The molecule has 19 heavy (non-hydrogen) atoms. The molecular formula is C16H34O3. The summed E-state index contributed by atoms with van der Waals surface area (Å²) in [5.74, 6) is 0.614. The van der Waals surface area contributed by atoms with E-state index in [-0.39, 0.29) is 0 Å². The molecule has 116 valence electrons. The highest BCUT2D eigenvalue weighted by molar-refractivity contribution is 5.66. The molecule has 0 saturated heterocycles. The van der Waals surface area contributed by atoms with Gasteiger partial charge in [0.1, 0.15) is 0 Å². The Morgan fingerprint density at radius 3 is 1.84 bits per heavy atom. The molecule has 0 spiro atoms. The molecule has 2 N–H and O–H groups in total. The summed E-state index contributed by atoms with van der Waals surface area (Å²) >= 11 is 0. The molecule has 0 fully saturated rings. The largest absolute Gasteiger partial charge is 0.481 e. The Kier molecular flexibility index (Phi) is 23.9. The van der Waals surface area contributed by atoms with Gasteiger partial charge in [-0.3, -0.25) is 4.79 Å². The zero-order chi connectivity index (χ0) is 15.7. The highest BCUT2D eigenvalue weighted by Crippen LogP contribution is 1.97. The van der Waals surface area contributed by atoms with Crippen LogP contribution in [0.25, 0.3) is 0 Å². The first kappa shape index (κ1) is 23.3. The highest BCUT2D eigenvalue weighted by Gasteiger charge is 1.92. The first-order chi connectivity index (χ1) is 8.81. The van der Waals surface area contributed by atoms with Crippen molar-refractivity contribution in [3.8, 4) is 0 Å². The number of carboxylic acid groups (broad SMARTS) is 1. The molecule has 3 heteroatoms. The summed E-state index contributed by atoms with van der Waals surface area (Å²) in [5.41, 5.74) is 0. The van der Waals surface area contributed by atoms with Crippen LogP contribution in [-0.4, -0.2) is 22.8 Å². The number of aliphatic hydroxyl groups excluding tert-OH is 1. The standard InChI is InChI=1S/C6H12O2.C5H12O.C5H10/c1-2-3-4-5-6(7)8;1-5(2)3-4-6;1-4-5(2)3/h2-5H2,1H3,(H,7,8);5-6H,3-4H2,1-2H3;4-5H,1H2,2-3H3. The molecule has 0 aromatic carbocycles. The number of unbranched alkanes of at least 4 members (excludes halogenated alkanes) is 2. The molecule has 0 bridgehead atoms. The zero-order valence-electron chi connectivity index (χ0n) is 13.5. The van der Waals surface area contributed by atoms with Gasteiger partial charge in [-0.25, -0.2) is 0 Å². The molecule has 0 aliphatic rings. The second-order valence-electron chi connectivity index (χ2n) is 5.24. The summed E-state index contributed by atoms with van der Waals surface area (Å²) in [6, 6.07) is 0. The van der Waals surface area contributed by atoms with Crippen LogP contribution >= 0.6 is 0 Å². The summed E-state index contributed by atoms with van der Waals surface area (Å²) in [5, 5.41) is 16.4. The van der Waals surface area contributed by atoms with Crippen molar-refractivity contribution in [2.75, 3.05) is 6.61 Å². The first-order valence-corrected chi connectivity index (χ1v) is 7.26. The minimum absolute atomic E-state index is 0.327. The zero-order valence-corrected chi connectivity index (χ0v) is 13.5. The average Bonchev–Trinajstić information content (AvgIpc) is 2.30. The van der Waals surface area contributed by atoms with Crippen molar-refractivity contribution in [3.63, 3.8) is 0 Å². The van der Waals surface area contributed by atoms with Crippen LogP contribution in [0.5, 0.6) is 0 Å². The number of hydrogen-bond acceptors (Lipinski definition) is 2. The van der Waals surface area contributed by atoms with Gasteiger partial charge in [-0.15, -0.1) is 6.58 Å². The lowest BCUT2D eigenvalue weighted by Crippen LogP contribution is -1.92. The maximum atomic E-state index is 9.87. The molecule has 0 aromatic heterocycles. The van der Waals surface area contributed by atoms with Crippen LogP contribution in [-0.2, 0) is 4.79 Å². The van der Waals surface area contributed by atoms with E-state index < -0.39 is 5.97 Å². The van der Waals surface area contributed by atoms with Gasteiger partial charge in [0.05, 0.1) is 0 Å². The number of rotatable bonds is 7.